The average molecular weight is 208 g/mol. The number of ether oxygens (including phenoxy) is 1. The second-order valence-corrected chi connectivity index (χ2v) is 3.87. The second-order valence-electron chi connectivity index (χ2n) is 3.87. The number of carbonyl (C=O) groups excluding carboxylic acids is 2. The summed E-state index contributed by atoms with van der Waals surface area (Å²) in [7, 11) is 0. The molecule has 1 aliphatic carbocycles. The molecular formula is C12H16O3. The normalized spacial score (nSPS) is 30.1. The van der Waals surface area contributed by atoms with Crippen LogP contribution in [0.15, 0.2) is 24.3 Å². The van der Waals surface area contributed by atoms with Gasteiger partial charge in [-0.1, -0.05) is 12.2 Å². The van der Waals surface area contributed by atoms with Crippen LogP contribution in [0.5, 0.6) is 0 Å². The molecule has 0 aromatic heterocycles. The summed E-state index contributed by atoms with van der Waals surface area (Å²) in [6.07, 6.45) is 7.57. The average Bonchev–Trinajstić information content (AvgIpc) is 2.39. The largest absolute Gasteiger partial charge is 0.454 e. The Kier molecular flexibility index (Phi) is 3.45. The van der Waals surface area contributed by atoms with Crippen molar-refractivity contribution in [2.45, 2.75) is 32.8 Å². The van der Waals surface area contributed by atoms with Crippen molar-refractivity contribution >= 4 is 11.8 Å². The molecule has 82 valence electrons. The molecule has 0 aromatic rings. The molecule has 0 radical (unpaired) electrons. The molecule has 3 nitrogen and oxygen atoms in total. The summed E-state index contributed by atoms with van der Waals surface area (Å²) in [6.45, 7) is 5.02. The van der Waals surface area contributed by atoms with Crippen LogP contribution >= 0.6 is 0 Å². The van der Waals surface area contributed by atoms with Gasteiger partial charge >= 0.3 is 5.97 Å². The highest BCUT2D eigenvalue weighted by molar-refractivity contribution is 5.96. The monoisotopic (exact) mass is 208 g/mol. The lowest BCUT2D eigenvalue weighted by molar-refractivity contribution is -0.155. The molecule has 0 bridgehead atoms. The Bertz CT molecular complexity index is 328. The maximum absolute atomic E-state index is 11.6. The van der Waals surface area contributed by atoms with Gasteiger partial charge in [0.15, 0.2) is 5.78 Å². The quantitative estimate of drug-likeness (QED) is 0.526. The molecule has 0 saturated carbocycles. The third-order valence-electron chi connectivity index (χ3n) is 2.59. The topological polar surface area (TPSA) is 43.4 Å². The molecule has 0 aliphatic heterocycles. The minimum atomic E-state index is -0.775. The van der Waals surface area contributed by atoms with Gasteiger partial charge in [-0.2, -0.15) is 0 Å². The lowest BCUT2D eigenvalue weighted by Gasteiger charge is -2.28. The number of allylic oxidation sites excluding steroid dienone is 3. The third kappa shape index (κ3) is 2.55. The van der Waals surface area contributed by atoms with Crippen LogP contribution in [0.1, 0.15) is 27.2 Å². The number of hydrogen-bond acceptors (Lipinski definition) is 3. The van der Waals surface area contributed by atoms with Gasteiger partial charge in [0.1, 0.15) is 5.60 Å². The van der Waals surface area contributed by atoms with Crippen LogP contribution in [0, 0.1) is 5.92 Å². The van der Waals surface area contributed by atoms with Crippen molar-refractivity contribution in [1.29, 1.82) is 0 Å². The third-order valence-corrected chi connectivity index (χ3v) is 2.59. The van der Waals surface area contributed by atoms with Crippen LogP contribution in [0.3, 0.4) is 0 Å². The summed E-state index contributed by atoms with van der Waals surface area (Å²) in [5.41, 5.74) is -0.775. The first-order valence-corrected chi connectivity index (χ1v) is 5.03. The highest BCUT2D eigenvalue weighted by Crippen LogP contribution is 2.33. The van der Waals surface area contributed by atoms with Crippen molar-refractivity contribution in [3.8, 4) is 0 Å². The highest BCUT2D eigenvalue weighted by Gasteiger charge is 2.42. The van der Waals surface area contributed by atoms with E-state index < -0.39 is 5.60 Å². The zero-order valence-electron chi connectivity index (χ0n) is 9.32. The van der Waals surface area contributed by atoms with E-state index in [0.717, 1.165) is 0 Å². The van der Waals surface area contributed by atoms with Crippen LogP contribution in [0.4, 0.5) is 0 Å². The molecule has 0 heterocycles. The van der Waals surface area contributed by atoms with Gasteiger partial charge < -0.3 is 4.74 Å². The Labute approximate surface area is 89.8 Å². The minimum absolute atomic E-state index is 0.0249. The number of esters is 1. The van der Waals surface area contributed by atoms with Gasteiger partial charge in [0.2, 0.25) is 0 Å². The van der Waals surface area contributed by atoms with E-state index in [1.807, 2.05) is 19.1 Å². The SMILES string of the molecule is CC=CCC1C(=O)C=CC1(C)OC(C)=O. The van der Waals surface area contributed by atoms with Gasteiger partial charge in [0.05, 0.1) is 5.92 Å². The second kappa shape index (κ2) is 4.43. The fourth-order valence-electron chi connectivity index (χ4n) is 1.80. The number of hydrogen-bond donors (Lipinski definition) is 0. The van der Waals surface area contributed by atoms with E-state index in [1.54, 1.807) is 13.0 Å². The maximum atomic E-state index is 11.6. The first kappa shape index (κ1) is 11.7. The molecule has 3 heteroatoms. The molecule has 2 unspecified atom stereocenters. The Morgan fingerprint density at radius 3 is 2.87 bits per heavy atom. The van der Waals surface area contributed by atoms with E-state index in [4.69, 9.17) is 4.74 Å². The van der Waals surface area contributed by atoms with Crippen LogP contribution in [0.25, 0.3) is 0 Å². The molecule has 2 atom stereocenters. The van der Waals surface area contributed by atoms with Crippen molar-refractivity contribution < 1.29 is 14.3 Å². The fourth-order valence-corrected chi connectivity index (χ4v) is 1.80. The standard InChI is InChI=1S/C12H16O3/c1-4-5-6-10-11(14)7-8-12(10,3)15-9(2)13/h4-5,7-8,10H,6H2,1-3H3. The van der Waals surface area contributed by atoms with Crippen molar-refractivity contribution in [1.82, 2.24) is 0 Å². The summed E-state index contributed by atoms with van der Waals surface area (Å²) in [5.74, 6) is -0.614. The molecule has 0 fully saturated rings. The van der Waals surface area contributed by atoms with Crippen molar-refractivity contribution in [3.05, 3.63) is 24.3 Å². The molecular weight excluding hydrogens is 192 g/mol. The predicted molar refractivity (Wildman–Crippen MR) is 57.2 cm³/mol. The number of ketones is 1. The molecule has 0 saturated heterocycles. The summed E-state index contributed by atoms with van der Waals surface area (Å²) in [5, 5.41) is 0. The molecule has 15 heavy (non-hydrogen) atoms. The molecule has 0 aromatic carbocycles. The smallest absolute Gasteiger partial charge is 0.303 e. The molecule has 1 aliphatic rings. The number of carbonyl (C=O) groups is 2. The molecule has 0 spiro atoms. The van der Waals surface area contributed by atoms with E-state index in [1.165, 1.54) is 13.0 Å². The Balaban J connectivity index is 2.82. The zero-order valence-corrected chi connectivity index (χ0v) is 9.32. The van der Waals surface area contributed by atoms with Crippen molar-refractivity contribution in [2.24, 2.45) is 5.92 Å². The minimum Gasteiger partial charge on any atom is -0.454 e. The van der Waals surface area contributed by atoms with Gasteiger partial charge in [0.25, 0.3) is 0 Å². The Morgan fingerprint density at radius 1 is 1.67 bits per heavy atom. The van der Waals surface area contributed by atoms with E-state index in [9.17, 15) is 9.59 Å². The van der Waals surface area contributed by atoms with E-state index >= 15 is 0 Å². The Morgan fingerprint density at radius 2 is 2.33 bits per heavy atom. The molecule has 1 rings (SSSR count). The van der Waals surface area contributed by atoms with Crippen LogP contribution in [-0.2, 0) is 14.3 Å². The zero-order chi connectivity index (χ0) is 11.5. The van der Waals surface area contributed by atoms with E-state index in [0.29, 0.717) is 6.42 Å². The lowest BCUT2D eigenvalue weighted by Crippen LogP contribution is -2.37. The van der Waals surface area contributed by atoms with Crippen LogP contribution < -0.4 is 0 Å². The van der Waals surface area contributed by atoms with E-state index in [-0.39, 0.29) is 17.7 Å². The molecule has 0 amide bonds. The Hall–Kier alpha value is -1.38. The van der Waals surface area contributed by atoms with Gasteiger partial charge in [-0.3, -0.25) is 9.59 Å². The summed E-state index contributed by atoms with van der Waals surface area (Å²) >= 11 is 0. The summed E-state index contributed by atoms with van der Waals surface area (Å²) < 4.78 is 5.20. The lowest BCUT2D eigenvalue weighted by atomic mass is 9.88. The van der Waals surface area contributed by atoms with Gasteiger partial charge in [-0.25, -0.2) is 0 Å². The maximum Gasteiger partial charge on any atom is 0.303 e. The first-order chi connectivity index (χ1) is 6.99. The summed E-state index contributed by atoms with van der Waals surface area (Å²) in [4.78, 5) is 22.5. The van der Waals surface area contributed by atoms with Crippen LogP contribution in [0.2, 0.25) is 0 Å². The van der Waals surface area contributed by atoms with Gasteiger partial charge in [0, 0.05) is 6.92 Å². The van der Waals surface area contributed by atoms with Gasteiger partial charge in [-0.15, -0.1) is 0 Å². The van der Waals surface area contributed by atoms with Gasteiger partial charge in [-0.05, 0) is 32.4 Å². The highest BCUT2D eigenvalue weighted by atomic mass is 16.6. The van der Waals surface area contributed by atoms with Crippen LogP contribution in [-0.4, -0.2) is 17.4 Å². The van der Waals surface area contributed by atoms with Crippen molar-refractivity contribution in [2.75, 3.05) is 0 Å². The van der Waals surface area contributed by atoms with Crippen molar-refractivity contribution in [3.63, 3.8) is 0 Å². The number of rotatable bonds is 3. The summed E-state index contributed by atoms with van der Waals surface area (Å²) in [6, 6.07) is 0. The molecule has 0 N–H and O–H groups in total. The van der Waals surface area contributed by atoms with E-state index in [2.05, 4.69) is 0 Å². The predicted octanol–water partition coefficient (Wildman–Crippen LogP) is 2.03. The fraction of sp³-hybridized carbons (Fsp3) is 0.500. The first-order valence-electron chi connectivity index (χ1n) is 5.03.